The molecule has 1 spiro atoms. The van der Waals surface area contributed by atoms with Gasteiger partial charge >= 0.3 is 0 Å². The summed E-state index contributed by atoms with van der Waals surface area (Å²) in [7, 11) is 0. The molecular weight excluding hydrogens is 344 g/mol. The lowest BCUT2D eigenvalue weighted by molar-refractivity contribution is -0.0733. The number of aromatic nitrogens is 1. The van der Waals surface area contributed by atoms with E-state index in [1.54, 1.807) is 17.5 Å². The molecule has 4 heterocycles. The average molecular weight is 373 g/mol. The average Bonchev–Trinajstić information content (AvgIpc) is 3.32. The Labute approximate surface area is 160 Å². The van der Waals surface area contributed by atoms with E-state index in [0.717, 1.165) is 57.7 Å². The summed E-state index contributed by atoms with van der Waals surface area (Å²) >= 11 is 1.79. The maximum atomic E-state index is 6.30. The van der Waals surface area contributed by atoms with Gasteiger partial charge < -0.3 is 9.47 Å². The molecule has 4 rings (SSSR count). The van der Waals surface area contributed by atoms with Crippen LogP contribution in [0.1, 0.15) is 36.8 Å². The number of thiophene rings is 1. The van der Waals surface area contributed by atoms with Crippen LogP contribution in [0, 0.1) is 5.92 Å². The number of piperidine rings is 1. The van der Waals surface area contributed by atoms with Gasteiger partial charge in [0.15, 0.2) is 0 Å². The van der Waals surface area contributed by atoms with Crippen molar-refractivity contribution in [3.63, 3.8) is 0 Å². The van der Waals surface area contributed by atoms with E-state index in [9.17, 15) is 0 Å². The van der Waals surface area contributed by atoms with E-state index in [2.05, 4.69) is 32.8 Å². The zero-order valence-electron chi connectivity index (χ0n) is 15.3. The number of likely N-dealkylation sites (tertiary alicyclic amines) is 1. The molecule has 2 saturated heterocycles. The Bertz CT molecular complexity index is 654. The maximum Gasteiger partial charge on any atom is 0.0736 e. The number of hydrogen-bond acceptors (Lipinski definition) is 5. The molecule has 2 aliphatic rings. The summed E-state index contributed by atoms with van der Waals surface area (Å²) in [4.78, 5) is 6.71. The Morgan fingerprint density at radius 2 is 2.19 bits per heavy atom. The second-order valence-corrected chi connectivity index (χ2v) is 8.29. The van der Waals surface area contributed by atoms with Crippen molar-refractivity contribution in [3.8, 4) is 0 Å². The van der Waals surface area contributed by atoms with Crippen LogP contribution in [0.15, 0.2) is 41.4 Å². The van der Waals surface area contributed by atoms with Gasteiger partial charge in [-0.1, -0.05) is 6.07 Å². The second kappa shape index (κ2) is 8.61. The number of ether oxygens (including phenoxy) is 2. The van der Waals surface area contributed by atoms with Crippen molar-refractivity contribution in [1.82, 2.24) is 9.88 Å². The predicted molar refractivity (Wildman–Crippen MR) is 104 cm³/mol. The summed E-state index contributed by atoms with van der Waals surface area (Å²) < 4.78 is 12.2. The normalized spacial score (nSPS) is 22.8. The van der Waals surface area contributed by atoms with E-state index >= 15 is 0 Å². The highest BCUT2D eigenvalue weighted by molar-refractivity contribution is 7.07. The van der Waals surface area contributed by atoms with E-state index in [0.29, 0.717) is 12.5 Å². The molecule has 1 atom stereocenters. The molecule has 26 heavy (non-hydrogen) atoms. The Hall–Kier alpha value is -1.27. The van der Waals surface area contributed by atoms with Crippen molar-refractivity contribution in [2.75, 3.05) is 26.3 Å². The molecule has 2 aliphatic heterocycles. The van der Waals surface area contributed by atoms with Crippen LogP contribution in [-0.2, 0) is 22.6 Å². The summed E-state index contributed by atoms with van der Waals surface area (Å²) in [5.41, 5.74) is 2.69. The van der Waals surface area contributed by atoms with Crippen LogP contribution in [0.4, 0.5) is 0 Å². The highest BCUT2D eigenvalue weighted by atomic mass is 32.1. The lowest BCUT2D eigenvalue weighted by Gasteiger charge is -2.42. The molecule has 0 amide bonds. The smallest absolute Gasteiger partial charge is 0.0736 e. The molecule has 2 fully saturated rings. The highest BCUT2D eigenvalue weighted by Gasteiger charge is 2.45. The van der Waals surface area contributed by atoms with E-state index in [1.807, 2.05) is 12.3 Å². The van der Waals surface area contributed by atoms with Gasteiger partial charge in [-0.05, 0) is 65.6 Å². The molecular formula is C21H28N2O2S. The van der Waals surface area contributed by atoms with Crippen LogP contribution in [0.3, 0.4) is 0 Å². The lowest BCUT2D eigenvalue weighted by atomic mass is 9.78. The van der Waals surface area contributed by atoms with Gasteiger partial charge in [0.2, 0.25) is 0 Å². The van der Waals surface area contributed by atoms with Crippen LogP contribution in [-0.4, -0.2) is 41.8 Å². The van der Waals surface area contributed by atoms with E-state index in [4.69, 9.17) is 9.47 Å². The van der Waals surface area contributed by atoms with Gasteiger partial charge in [0.25, 0.3) is 0 Å². The van der Waals surface area contributed by atoms with Crippen molar-refractivity contribution in [2.24, 2.45) is 5.92 Å². The largest absolute Gasteiger partial charge is 0.377 e. The second-order valence-electron chi connectivity index (χ2n) is 7.51. The SMILES string of the molecule is c1cncc(COCC[C@@H]2CCOC23CCN(Cc2ccsc2)CC3)c1. The van der Waals surface area contributed by atoms with Crippen LogP contribution < -0.4 is 0 Å². The molecule has 4 nitrogen and oxygen atoms in total. The molecule has 0 aromatic carbocycles. The van der Waals surface area contributed by atoms with Crippen LogP contribution in [0.5, 0.6) is 0 Å². The monoisotopic (exact) mass is 372 g/mol. The molecule has 0 unspecified atom stereocenters. The summed E-state index contributed by atoms with van der Waals surface area (Å²) in [5, 5.41) is 4.43. The van der Waals surface area contributed by atoms with Crippen molar-refractivity contribution in [1.29, 1.82) is 0 Å². The van der Waals surface area contributed by atoms with E-state index in [-0.39, 0.29) is 5.60 Å². The molecule has 5 heteroatoms. The lowest BCUT2D eigenvalue weighted by Crippen LogP contribution is -2.47. The van der Waals surface area contributed by atoms with E-state index in [1.165, 1.54) is 12.0 Å². The Morgan fingerprint density at radius 1 is 1.27 bits per heavy atom. The van der Waals surface area contributed by atoms with Crippen molar-refractivity contribution in [2.45, 2.75) is 44.4 Å². The van der Waals surface area contributed by atoms with Gasteiger partial charge in [-0.2, -0.15) is 11.3 Å². The van der Waals surface area contributed by atoms with Crippen molar-refractivity contribution >= 4 is 11.3 Å². The minimum absolute atomic E-state index is 0.100. The summed E-state index contributed by atoms with van der Waals surface area (Å²) in [5.74, 6) is 0.639. The first-order chi connectivity index (χ1) is 12.8. The summed E-state index contributed by atoms with van der Waals surface area (Å²) in [6, 6.07) is 6.27. The fourth-order valence-corrected chi connectivity index (χ4v) is 5.03. The third kappa shape index (κ3) is 4.34. The molecule has 140 valence electrons. The first-order valence-electron chi connectivity index (χ1n) is 9.68. The Kier molecular flexibility index (Phi) is 6.00. The van der Waals surface area contributed by atoms with Crippen LogP contribution in [0.25, 0.3) is 0 Å². The first kappa shape index (κ1) is 18.1. The topological polar surface area (TPSA) is 34.6 Å². The zero-order chi connectivity index (χ0) is 17.7. The van der Waals surface area contributed by atoms with Crippen LogP contribution >= 0.6 is 11.3 Å². The number of pyridine rings is 1. The minimum atomic E-state index is 0.100. The third-order valence-electron chi connectivity index (χ3n) is 5.89. The van der Waals surface area contributed by atoms with E-state index < -0.39 is 0 Å². The first-order valence-corrected chi connectivity index (χ1v) is 10.6. The Morgan fingerprint density at radius 3 is 2.96 bits per heavy atom. The predicted octanol–water partition coefficient (Wildman–Crippen LogP) is 4.12. The van der Waals surface area contributed by atoms with Gasteiger partial charge in [-0.15, -0.1) is 0 Å². The van der Waals surface area contributed by atoms with Gasteiger partial charge in [0.05, 0.1) is 12.2 Å². The number of nitrogens with zero attached hydrogens (tertiary/aromatic N) is 2. The highest BCUT2D eigenvalue weighted by Crippen LogP contribution is 2.42. The minimum Gasteiger partial charge on any atom is -0.377 e. The zero-order valence-corrected chi connectivity index (χ0v) is 16.1. The maximum absolute atomic E-state index is 6.30. The Balaban J connectivity index is 1.23. The number of rotatable bonds is 7. The van der Waals surface area contributed by atoms with Gasteiger partial charge in [-0.3, -0.25) is 9.88 Å². The molecule has 0 radical (unpaired) electrons. The van der Waals surface area contributed by atoms with Gasteiger partial charge in [0.1, 0.15) is 0 Å². The molecule has 2 aromatic rings. The van der Waals surface area contributed by atoms with Crippen molar-refractivity contribution < 1.29 is 9.47 Å². The van der Waals surface area contributed by atoms with Gasteiger partial charge in [-0.25, -0.2) is 0 Å². The molecule has 0 N–H and O–H groups in total. The standard InChI is InChI=1S/C21H28N2O2S/c1-2-18(14-22-8-1)16-24-11-3-20-4-12-25-21(20)6-9-23(10-7-21)15-19-5-13-26-17-19/h1-2,5,8,13-14,17,20H,3-4,6-7,9-12,15-16H2/t20-/m1/s1. The molecule has 0 bridgehead atoms. The number of hydrogen-bond donors (Lipinski definition) is 0. The molecule has 0 saturated carbocycles. The summed E-state index contributed by atoms with van der Waals surface area (Å²) in [6.07, 6.45) is 8.28. The fourth-order valence-electron chi connectivity index (χ4n) is 4.37. The van der Waals surface area contributed by atoms with Gasteiger partial charge in [0, 0.05) is 45.2 Å². The summed E-state index contributed by atoms with van der Waals surface area (Å²) in [6.45, 7) is 5.74. The fraction of sp³-hybridized carbons (Fsp3) is 0.571. The third-order valence-corrected chi connectivity index (χ3v) is 6.62. The molecule has 0 aliphatic carbocycles. The van der Waals surface area contributed by atoms with Crippen molar-refractivity contribution in [3.05, 3.63) is 52.5 Å². The van der Waals surface area contributed by atoms with Crippen LogP contribution in [0.2, 0.25) is 0 Å². The quantitative estimate of drug-likeness (QED) is 0.685. The molecule has 2 aromatic heterocycles.